The molecule has 2 aromatic rings. The summed E-state index contributed by atoms with van der Waals surface area (Å²) in [4.78, 5) is 4.43. The number of hydrogen-bond donors (Lipinski definition) is 1. The van der Waals surface area contributed by atoms with Gasteiger partial charge in [0.05, 0.1) is 15.5 Å². The lowest BCUT2D eigenvalue weighted by Gasteiger charge is -2.04. The molecule has 7 heteroatoms. The molecule has 20 heavy (non-hydrogen) atoms. The van der Waals surface area contributed by atoms with Gasteiger partial charge in [0, 0.05) is 9.90 Å². The molecule has 0 spiro atoms. The normalized spacial score (nSPS) is 12.4. The van der Waals surface area contributed by atoms with E-state index in [2.05, 4.69) is 9.93 Å². The van der Waals surface area contributed by atoms with E-state index in [4.69, 9.17) is 11.6 Å². The van der Waals surface area contributed by atoms with Crippen LogP contribution in [0.4, 0.5) is 0 Å². The minimum absolute atomic E-state index is 0.126. The summed E-state index contributed by atoms with van der Waals surface area (Å²) >= 11 is 7.29. The standard InChI is InChI=1S/C13H13ClN2O2S2/c1-9-3-8-13(19-9)10(2)15-16-20(17,18)12-6-4-11(14)5-7-12/h3-8,16H,1-2H3/b15-10-. The largest absolute Gasteiger partial charge is 0.276 e. The van der Waals surface area contributed by atoms with Gasteiger partial charge < -0.3 is 0 Å². The second-order valence-electron chi connectivity index (χ2n) is 4.16. The Labute approximate surface area is 127 Å². The lowest BCUT2D eigenvalue weighted by molar-refractivity contribution is 0.584. The van der Waals surface area contributed by atoms with Crippen molar-refractivity contribution in [2.24, 2.45) is 5.10 Å². The molecule has 0 aliphatic carbocycles. The highest BCUT2D eigenvalue weighted by Gasteiger charge is 2.13. The Bertz CT molecular complexity index is 734. The SMILES string of the molecule is C/C(=N/NS(=O)(=O)c1ccc(Cl)cc1)c1ccc(C)s1. The molecular weight excluding hydrogens is 316 g/mol. The molecule has 0 saturated carbocycles. The van der Waals surface area contributed by atoms with Crippen LogP contribution in [0.2, 0.25) is 5.02 Å². The highest BCUT2D eigenvalue weighted by molar-refractivity contribution is 7.89. The van der Waals surface area contributed by atoms with Crippen LogP contribution in [0.3, 0.4) is 0 Å². The average molecular weight is 329 g/mol. The number of hydrazone groups is 1. The Morgan fingerprint density at radius 2 is 1.85 bits per heavy atom. The molecule has 1 heterocycles. The molecule has 1 N–H and O–H groups in total. The van der Waals surface area contributed by atoms with E-state index in [0.717, 1.165) is 9.75 Å². The van der Waals surface area contributed by atoms with Gasteiger partial charge in [-0.3, -0.25) is 0 Å². The van der Waals surface area contributed by atoms with Crippen LogP contribution in [-0.2, 0) is 10.0 Å². The average Bonchev–Trinajstić information content (AvgIpc) is 2.83. The fraction of sp³-hybridized carbons (Fsp3) is 0.154. The number of thiophene rings is 1. The third kappa shape index (κ3) is 3.59. The van der Waals surface area contributed by atoms with Gasteiger partial charge in [-0.2, -0.15) is 18.4 Å². The molecule has 0 unspecified atom stereocenters. The van der Waals surface area contributed by atoms with Crippen molar-refractivity contribution >= 4 is 38.7 Å². The summed E-state index contributed by atoms with van der Waals surface area (Å²) in [5.74, 6) is 0. The van der Waals surface area contributed by atoms with Crippen molar-refractivity contribution in [3.63, 3.8) is 0 Å². The van der Waals surface area contributed by atoms with E-state index in [0.29, 0.717) is 10.7 Å². The molecule has 4 nitrogen and oxygen atoms in total. The molecule has 0 saturated heterocycles. The van der Waals surface area contributed by atoms with Crippen LogP contribution < -0.4 is 4.83 Å². The highest BCUT2D eigenvalue weighted by Crippen LogP contribution is 2.17. The number of aryl methyl sites for hydroxylation is 1. The van der Waals surface area contributed by atoms with Gasteiger partial charge >= 0.3 is 0 Å². The van der Waals surface area contributed by atoms with Gasteiger partial charge in [-0.1, -0.05) is 11.6 Å². The molecule has 0 bridgehead atoms. The van der Waals surface area contributed by atoms with Crippen LogP contribution in [0.25, 0.3) is 0 Å². The predicted octanol–water partition coefficient (Wildman–Crippen LogP) is 3.41. The summed E-state index contributed by atoms with van der Waals surface area (Å²) in [6.07, 6.45) is 0. The van der Waals surface area contributed by atoms with E-state index in [9.17, 15) is 8.42 Å². The van der Waals surface area contributed by atoms with Crippen molar-refractivity contribution in [3.05, 3.63) is 51.2 Å². The van der Waals surface area contributed by atoms with Crippen molar-refractivity contribution in [3.8, 4) is 0 Å². The zero-order chi connectivity index (χ0) is 14.8. The molecule has 2 rings (SSSR count). The van der Waals surface area contributed by atoms with Gasteiger partial charge in [0.15, 0.2) is 0 Å². The molecule has 0 amide bonds. The third-order valence-corrected chi connectivity index (χ3v) is 5.14. The van der Waals surface area contributed by atoms with E-state index in [1.165, 1.54) is 24.3 Å². The number of hydrogen-bond acceptors (Lipinski definition) is 4. The van der Waals surface area contributed by atoms with Crippen LogP contribution in [0.15, 0.2) is 46.4 Å². The van der Waals surface area contributed by atoms with Crippen LogP contribution in [0.5, 0.6) is 0 Å². The van der Waals surface area contributed by atoms with Gasteiger partial charge in [-0.15, -0.1) is 11.3 Å². The Morgan fingerprint density at radius 3 is 2.40 bits per heavy atom. The number of benzene rings is 1. The summed E-state index contributed by atoms with van der Waals surface area (Å²) in [5, 5.41) is 4.42. The fourth-order valence-corrected chi connectivity index (χ4v) is 3.27. The lowest BCUT2D eigenvalue weighted by atomic mass is 10.3. The number of sulfonamides is 1. The summed E-state index contributed by atoms with van der Waals surface area (Å²) < 4.78 is 24.1. The summed E-state index contributed by atoms with van der Waals surface area (Å²) in [7, 11) is -3.66. The first-order chi connectivity index (χ1) is 9.38. The molecule has 106 valence electrons. The number of halogens is 1. The summed E-state index contributed by atoms with van der Waals surface area (Å²) in [6.45, 7) is 3.75. The van der Waals surface area contributed by atoms with Gasteiger partial charge in [0.25, 0.3) is 10.0 Å². The summed E-state index contributed by atoms with van der Waals surface area (Å²) in [6, 6.07) is 9.79. The second kappa shape index (κ2) is 5.95. The zero-order valence-electron chi connectivity index (χ0n) is 10.9. The van der Waals surface area contributed by atoms with Crippen LogP contribution >= 0.6 is 22.9 Å². The lowest BCUT2D eigenvalue weighted by Crippen LogP contribution is -2.19. The minimum atomic E-state index is -3.66. The van der Waals surface area contributed by atoms with Crippen LogP contribution in [-0.4, -0.2) is 14.1 Å². The smallest absolute Gasteiger partial charge is 0.200 e. The molecule has 1 aromatic heterocycles. The van der Waals surface area contributed by atoms with E-state index in [-0.39, 0.29) is 4.90 Å². The fourth-order valence-electron chi connectivity index (χ4n) is 1.48. The number of nitrogens with one attached hydrogen (secondary N) is 1. The van der Waals surface area contributed by atoms with E-state index in [1.54, 1.807) is 18.3 Å². The third-order valence-electron chi connectivity index (χ3n) is 2.55. The van der Waals surface area contributed by atoms with E-state index >= 15 is 0 Å². The number of rotatable bonds is 4. The molecule has 0 radical (unpaired) electrons. The molecular formula is C13H13ClN2O2S2. The van der Waals surface area contributed by atoms with Crippen molar-refractivity contribution in [2.45, 2.75) is 18.7 Å². The zero-order valence-corrected chi connectivity index (χ0v) is 13.3. The molecule has 0 aliphatic rings. The van der Waals surface area contributed by atoms with Gasteiger partial charge in [-0.05, 0) is 50.2 Å². The van der Waals surface area contributed by atoms with Crippen molar-refractivity contribution in [1.82, 2.24) is 4.83 Å². The van der Waals surface area contributed by atoms with Gasteiger partial charge in [-0.25, -0.2) is 0 Å². The molecule has 0 fully saturated rings. The molecule has 0 aliphatic heterocycles. The quantitative estimate of drug-likeness (QED) is 0.690. The van der Waals surface area contributed by atoms with Gasteiger partial charge in [0.1, 0.15) is 0 Å². The molecule has 1 aromatic carbocycles. The highest BCUT2D eigenvalue weighted by atomic mass is 35.5. The monoisotopic (exact) mass is 328 g/mol. The van der Waals surface area contributed by atoms with E-state index in [1.807, 2.05) is 19.1 Å². The maximum absolute atomic E-state index is 12.0. The van der Waals surface area contributed by atoms with Gasteiger partial charge in [0.2, 0.25) is 0 Å². The minimum Gasteiger partial charge on any atom is -0.200 e. The molecule has 0 atom stereocenters. The topological polar surface area (TPSA) is 58.5 Å². The van der Waals surface area contributed by atoms with Crippen molar-refractivity contribution in [1.29, 1.82) is 0 Å². The van der Waals surface area contributed by atoms with E-state index < -0.39 is 10.0 Å². The first kappa shape index (κ1) is 15.0. The summed E-state index contributed by atoms with van der Waals surface area (Å²) in [5.41, 5.74) is 0.626. The maximum atomic E-state index is 12.0. The maximum Gasteiger partial charge on any atom is 0.276 e. The first-order valence-electron chi connectivity index (χ1n) is 5.77. The van der Waals surface area contributed by atoms with Crippen molar-refractivity contribution in [2.75, 3.05) is 0 Å². The van der Waals surface area contributed by atoms with Crippen LogP contribution in [0, 0.1) is 6.92 Å². The first-order valence-corrected chi connectivity index (χ1v) is 8.45. The second-order valence-corrected chi connectivity index (χ2v) is 7.54. The van der Waals surface area contributed by atoms with Crippen molar-refractivity contribution < 1.29 is 8.42 Å². The van der Waals surface area contributed by atoms with Crippen LogP contribution in [0.1, 0.15) is 16.7 Å². The predicted molar refractivity (Wildman–Crippen MR) is 83.0 cm³/mol. The number of nitrogens with zero attached hydrogens (tertiary/aromatic N) is 1. The Hall–Kier alpha value is -1.37. The Balaban J connectivity index is 2.18. The Kier molecular flexibility index (Phi) is 4.47. The Morgan fingerprint density at radius 1 is 1.20 bits per heavy atom.